The number of rotatable bonds is 2. The van der Waals surface area contributed by atoms with Crippen LogP contribution < -0.4 is 10.6 Å². The second kappa shape index (κ2) is 7.21. The van der Waals surface area contributed by atoms with Crippen molar-refractivity contribution in [2.45, 2.75) is 39.0 Å². The van der Waals surface area contributed by atoms with Crippen molar-refractivity contribution in [2.24, 2.45) is 5.73 Å². The van der Waals surface area contributed by atoms with Crippen LogP contribution in [0.1, 0.15) is 41.9 Å². The maximum atomic E-state index is 13.9. The first-order valence-electron chi connectivity index (χ1n) is 9.71. The van der Waals surface area contributed by atoms with E-state index in [0.717, 1.165) is 22.4 Å². The van der Waals surface area contributed by atoms with Gasteiger partial charge in [0.15, 0.2) is 5.78 Å². The SMILES string of the molecule is Cc1ccc(C)c([C@H]2C(C#N)=C(N)N(c3cccc(F)c3)C3=C2C(=O)CCC3)c1. The molecule has 4 rings (SSSR count). The summed E-state index contributed by atoms with van der Waals surface area (Å²) in [4.78, 5) is 14.8. The van der Waals surface area contributed by atoms with Gasteiger partial charge in [-0.25, -0.2) is 4.39 Å². The maximum Gasteiger partial charge on any atom is 0.161 e. The van der Waals surface area contributed by atoms with Crippen LogP contribution in [0.2, 0.25) is 0 Å². The van der Waals surface area contributed by atoms with E-state index >= 15 is 0 Å². The minimum atomic E-state index is -0.493. The zero-order chi connectivity index (χ0) is 20.7. The third-order valence-electron chi connectivity index (χ3n) is 5.73. The van der Waals surface area contributed by atoms with E-state index in [0.29, 0.717) is 36.1 Å². The first kappa shape index (κ1) is 18.9. The number of halogens is 1. The number of Topliss-reactive ketones (excluding diaryl/α,β-unsaturated/α-hetero) is 1. The van der Waals surface area contributed by atoms with Crippen molar-refractivity contribution < 1.29 is 9.18 Å². The van der Waals surface area contributed by atoms with Gasteiger partial charge >= 0.3 is 0 Å². The van der Waals surface area contributed by atoms with Crippen molar-refractivity contribution in [3.63, 3.8) is 0 Å². The van der Waals surface area contributed by atoms with E-state index in [1.54, 1.807) is 17.0 Å². The van der Waals surface area contributed by atoms with E-state index in [-0.39, 0.29) is 11.6 Å². The molecule has 146 valence electrons. The summed E-state index contributed by atoms with van der Waals surface area (Å²) in [6.07, 6.45) is 1.80. The maximum absolute atomic E-state index is 13.9. The monoisotopic (exact) mass is 387 g/mol. The van der Waals surface area contributed by atoms with Crippen molar-refractivity contribution in [3.8, 4) is 6.07 Å². The van der Waals surface area contributed by atoms with Crippen molar-refractivity contribution in [3.05, 3.63) is 87.6 Å². The van der Waals surface area contributed by atoms with Crippen molar-refractivity contribution in [1.82, 2.24) is 0 Å². The molecule has 0 bridgehead atoms. The lowest BCUT2D eigenvalue weighted by atomic mass is 9.74. The average molecular weight is 387 g/mol. The zero-order valence-corrected chi connectivity index (χ0v) is 16.5. The van der Waals surface area contributed by atoms with Crippen LogP contribution in [-0.2, 0) is 4.79 Å². The molecule has 0 aromatic heterocycles. The van der Waals surface area contributed by atoms with E-state index < -0.39 is 11.7 Å². The summed E-state index contributed by atoms with van der Waals surface area (Å²) in [6.45, 7) is 3.97. The average Bonchev–Trinajstić information content (AvgIpc) is 2.69. The molecule has 0 saturated carbocycles. The highest BCUT2D eigenvalue weighted by Gasteiger charge is 2.40. The smallest absolute Gasteiger partial charge is 0.161 e. The Balaban J connectivity index is 2.01. The lowest BCUT2D eigenvalue weighted by Gasteiger charge is -2.40. The molecular formula is C24H22FN3O. The van der Waals surface area contributed by atoms with Gasteiger partial charge in [0.25, 0.3) is 0 Å². The van der Waals surface area contributed by atoms with Crippen LogP contribution in [0.25, 0.3) is 0 Å². The minimum absolute atomic E-state index is 0.0267. The Morgan fingerprint density at radius 1 is 1.17 bits per heavy atom. The van der Waals surface area contributed by atoms with Gasteiger partial charge in [-0.2, -0.15) is 5.26 Å². The molecule has 2 N–H and O–H groups in total. The normalized spacial score (nSPS) is 19.3. The predicted octanol–water partition coefficient (Wildman–Crippen LogP) is 4.75. The number of ketones is 1. The third-order valence-corrected chi connectivity index (χ3v) is 5.73. The number of nitriles is 1. The first-order valence-corrected chi connectivity index (χ1v) is 9.71. The van der Waals surface area contributed by atoms with E-state index in [2.05, 4.69) is 6.07 Å². The molecule has 2 aromatic carbocycles. The summed E-state index contributed by atoms with van der Waals surface area (Å²) in [5.41, 5.74) is 11.7. The lowest BCUT2D eigenvalue weighted by molar-refractivity contribution is -0.116. The van der Waals surface area contributed by atoms with E-state index in [1.165, 1.54) is 12.1 Å². The molecule has 2 aromatic rings. The van der Waals surface area contributed by atoms with Crippen LogP contribution >= 0.6 is 0 Å². The minimum Gasteiger partial charge on any atom is -0.384 e. The van der Waals surface area contributed by atoms with Crippen LogP contribution in [0, 0.1) is 31.0 Å². The summed E-state index contributed by atoms with van der Waals surface area (Å²) >= 11 is 0. The van der Waals surface area contributed by atoms with Crippen LogP contribution in [0.4, 0.5) is 10.1 Å². The van der Waals surface area contributed by atoms with E-state index in [4.69, 9.17) is 5.73 Å². The van der Waals surface area contributed by atoms with Crippen molar-refractivity contribution in [1.29, 1.82) is 5.26 Å². The molecule has 0 radical (unpaired) electrons. The fourth-order valence-electron chi connectivity index (χ4n) is 4.38. The van der Waals surface area contributed by atoms with Crippen LogP contribution in [0.15, 0.2) is 65.1 Å². The Morgan fingerprint density at radius 2 is 1.97 bits per heavy atom. The fourth-order valence-corrected chi connectivity index (χ4v) is 4.38. The molecule has 29 heavy (non-hydrogen) atoms. The van der Waals surface area contributed by atoms with Crippen LogP contribution in [0.3, 0.4) is 0 Å². The number of anilines is 1. The molecule has 1 aliphatic carbocycles. The predicted molar refractivity (Wildman–Crippen MR) is 110 cm³/mol. The highest BCUT2D eigenvalue weighted by Crippen LogP contribution is 2.47. The van der Waals surface area contributed by atoms with Crippen molar-refractivity contribution >= 4 is 11.5 Å². The summed E-state index contributed by atoms with van der Waals surface area (Å²) < 4.78 is 13.9. The molecule has 1 aliphatic heterocycles. The summed E-state index contributed by atoms with van der Waals surface area (Å²) in [5, 5.41) is 10.0. The molecule has 0 amide bonds. The second-order valence-corrected chi connectivity index (χ2v) is 7.66. The number of benzene rings is 2. The molecule has 1 heterocycles. The van der Waals surface area contributed by atoms with E-state index in [1.807, 2.05) is 32.0 Å². The number of carbonyl (C=O) groups is 1. The Bertz CT molecular complexity index is 1120. The molecule has 2 aliphatic rings. The molecule has 0 unspecified atom stereocenters. The van der Waals surface area contributed by atoms with Crippen LogP contribution in [-0.4, -0.2) is 5.78 Å². The number of nitrogens with two attached hydrogens (primary N) is 1. The number of nitrogens with zero attached hydrogens (tertiary/aromatic N) is 2. The third kappa shape index (κ3) is 3.11. The summed E-state index contributed by atoms with van der Waals surface area (Å²) in [7, 11) is 0. The molecular weight excluding hydrogens is 365 g/mol. The standard InChI is InChI=1S/C24H22FN3O/c1-14-9-10-15(2)18(11-14)22-19(13-26)24(27)28(17-6-3-5-16(25)12-17)20-7-4-8-21(29)23(20)22/h3,5-6,9-12,22H,4,7-8,27H2,1-2H3/t22-/m0/s1. The molecule has 0 saturated heterocycles. The lowest BCUT2D eigenvalue weighted by Crippen LogP contribution is -2.39. The van der Waals surface area contributed by atoms with Gasteiger partial charge in [-0.05, 0) is 56.0 Å². The number of hydrogen-bond acceptors (Lipinski definition) is 4. The van der Waals surface area contributed by atoms with Crippen LogP contribution in [0.5, 0.6) is 0 Å². The molecule has 5 heteroatoms. The largest absolute Gasteiger partial charge is 0.384 e. The first-order chi connectivity index (χ1) is 13.9. The molecule has 0 spiro atoms. The summed E-state index contributed by atoms with van der Waals surface area (Å²) in [5.74, 6) is -0.599. The molecule has 0 fully saturated rings. The van der Waals surface area contributed by atoms with Gasteiger partial charge in [0, 0.05) is 17.7 Å². The Morgan fingerprint density at radius 3 is 2.69 bits per heavy atom. The summed E-state index contributed by atoms with van der Waals surface area (Å²) in [6, 6.07) is 14.4. The molecule has 1 atom stereocenters. The highest BCUT2D eigenvalue weighted by molar-refractivity contribution is 6.01. The number of hydrogen-bond donors (Lipinski definition) is 1. The van der Waals surface area contributed by atoms with Gasteiger partial charge in [-0.15, -0.1) is 0 Å². The van der Waals surface area contributed by atoms with Gasteiger partial charge in [0.05, 0.1) is 23.2 Å². The topological polar surface area (TPSA) is 70.1 Å². The second-order valence-electron chi connectivity index (χ2n) is 7.66. The number of allylic oxidation sites excluding steroid dienone is 3. The van der Waals surface area contributed by atoms with Gasteiger partial charge in [-0.1, -0.05) is 29.8 Å². The Labute approximate surface area is 169 Å². The Hall–Kier alpha value is -3.39. The van der Waals surface area contributed by atoms with E-state index in [9.17, 15) is 14.4 Å². The molecule has 4 nitrogen and oxygen atoms in total. The van der Waals surface area contributed by atoms with Gasteiger partial charge in [0.1, 0.15) is 11.6 Å². The highest BCUT2D eigenvalue weighted by atomic mass is 19.1. The Kier molecular flexibility index (Phi) is 4.71. The zero-order valence-electron chi connectivity index (χ0n) is 16.5. The van der Waals surface area contributed by atoms with Crippen molar-refractivity contribution in [2.75, 3.05) is 4.90 Å². The van der Waals surface area contributed by atoms with Gasteiger partial charge in [0.2, 0.25) is 0 Å². The van der Waals surface area contributed by atoms with Gasteiger partial charge < -0.3 is 5.73 Å². The number of aryl methyl sites for hydroxylation is 2. The number of carbonyl (C=O) groups excluding carboxylic acids is 1. The van der Waals surface area contributed by atoms with Gasteiger partial charge in [-0.3, -0.25) is 9.69 Å². The fraction of sp³-hybridized carbons (Fsp3) is 0.250. The quantitative estimate of drug-likeness (QED) is 0.807.